The summed E-state index contributed by atoms with van der Waals surface area (Å²) < 4.78 is 12.1. The van der Waals surface area contributed by atoms with Crippen molar-refractivity contribution in [3.8, 4) is 0 Å². The second-order valence-electron chi connectivity index (χ2n) is 5.47. The molecule has 0 amide bonds. The molecule has 5 nitrogen and oxygen atoms in total. The van der Waals surface area contributed by atoms with Crippen molar-refractivity contribution in [2.75, 3.05) is 70.5 Å². The van der Waals surface area contributed by atoms with Gasteiger partial charge in [0.25, 0.3) is 0 Å². The summed E-state index contributed by atoms with van der Waals surface area (Å²) in [5.74, 6) is 0. The average molecular weight is 312 g/mol. The Hall–Kier alpha value is 0.683. The molecule has 0 aromatic heterocycles. The molecule has 0 saturated carbocycles. The SMILES string of the molecule is C[N](C)[Zr]([N](C)C)([N](C)C)([N](C)C)[N](C)C. The van der Waals surface area contributed by atoms with Crippen molar-refractivity contribution in [1.29, 1.82) is 0 Å². The zero-order valence-electron chi connectivity index (χ0n) is 12.7. The third-order valence-electron chi connectivity index (χ3n) is 4.00. The van der Waals surface area contributed by atoms with E-state index in [2.05, 4.69) is 84.7 Å². The van der Waals surface area contributed by atoms with Crippen LogP contribution in [0.3, 0.4) is 0 Å². The summed E-state index contributed by atoms with van der Waals surface area (Å²) in [6, 6.07) is 0. The quantitative estimate of drug-likeness (QED) is 0.711. The van der Waals surface area contributed by atoms with Crippen LogP contribution in [0.15, 0.2) is 0 Å². The van der Waals surface area contributed by atoms with E-state index in [0.29, 0.717) is 0 Å². The molecule has 0 aliphatic rings. The molecule has 0 spiro atoms. The van der Waals surface area contributed by atoms with E-state index in [4.69, 9.17) is 0 Å². The maximum atomic E-state index is 2.42. The van der Waals surface area contributed by atoms with Crippen LogP contribution in [-0.4, -0.2) is 84.7 Å². The monoisotopic (exact) mass is 310 g/mol. The van der Waals surface area contributed by atoms with E-state index < -0.39 is 20.2 Å². The van der Waals surface area contributed by atoms with Gasteiger partial charge in [0.15, 0.2) is 0 Å². The summed E-state index contributed by atoms with van der Waals surface area (Å²) >= 11 is -3.62. The van der Waals surface area contributed by atoms with Gasteiger partial charge < -0.3 is 0 Å². The molecule has 0 radical (unpaired) electrons. The second-order valence-corrected chi connectivity index (χ2v) is 21.4. The van der Waals surface area contributed by atoms with Gasteiger partial charge in [0.2, 0.25) is 0 Å². The molecule has 0 bridgehead atoms. The molecule has 0 aromatic rings. The summed E-state index contributed by atoms with van der Waals surface area (Å²) in [6.45, 7) is 0. The molecule has 0 aliphatic carbocycles. The van der Waals surface area contributed by atoms with Gasteiger partial charge >= 0.3 is 105 Å². The van der Waals surface area contributed by atoms with Gasteiger partial charge in [0, 0.05) is 0 Å². The van der Waals surface area contributed by atoms with Gasteiger partial charge in [0.05, 0.1) is 0 Å². The number of hydrogen-bond donors (Lipinski definition) is 0. The molecule has 0 N–H and O–H groups in total. The number of rotatable bonds is 5. The van der Waals surface area contributed by atoms with Crippen LogP contribution >= 0.6 is 0 Å². The standard InChI is InChI=1S/5C2H6N.Zr/c5*1-3-2;/h5*1-2H3;/q5*-1;+5. The van der Waals surface area contributed by atoms with E-state index >= 15 is 0 Å². The normalized spacial score (nSPS) is 16.6. The fourth-order valence-electron chi connectivity index (χ4n) is 4.00. The van der Waals surface area contributed by atoms with Crippen molar-refractivity contribution < 1.29 is 20.2 Å². The average Bonchev–Trinajstić information content (AvgIpc) is 2.00. The Balaban J connectivity index is 6.16. The van der Waals surface area contributed by atoms with Crippen LogP contribution in [0, 0.1) is 0 Å². The Labute approximate surface area is 105 Å². The molecule has 16 heavy (non-hydrogen) atoms. The summed E-state index contributed by atoms with van der Waals surface area (Å²) in [7, 11) is 21.9. The van der Waals surface area contributed by atoms with E-state index in [1.807, 2.05) is 0 Å². The Bertz CT molecular complexity index is 173. The van der Waals surface area contributed by atoms with Crippen molar-refractivity contribution in [1.82, 2.24) is 14.2 Å². The van der Waals surface area contributed by atoms with E-state index in [9.17, 15) is 0 Å². The Morgan fingerprint density at radius 3 is 0.500 bits per heavy atom. The first-order valence-corrected chi connectivity index (χ1v) is 11.1. The minimum absolute atomic E-state index is 2.19. The summed E-state index contributed by atoms with van der Waals surface area (Å²) in [6.07, 6.45) is 0. The van der Waals surface area contributed by atoms with Crippen molar-refractivity contribution >= 4 is 0 Å². The van der Waals surface area contributed by atoms with Gasteiger partial charge in [0.1, 0.15) is 0 Å². The van der Waals surface area contributed by atoms with Crippen LogP contribution in [0.25, 0.3) is 0 Å². The zero-order valence-corrected chi connectivity index (χ0v) is 15.2. The third-order valence-corrected chi connectivity index (χ3v) is 23.7. The molecule has 0 rings (SSSR count). The van der Waals surface area contributed by atoms with Gasteiger partial charge in [-0.3, -0.25) is 0 Å². The summed E-state index contributed by atoms with van der Waals surface area (Å²) in [4.78, 5) is 0. The molecule has 0 fully saturated rings. The third kappa shape index (κ3) is 1.66. The minimum atomic E-state index is -3.62. The molecule has 0 saturated heterocycles. The molecule has 0 aliphatic heterocycles. The first-order chi connectivity index (χ1) is 7.06. The first kappa shape index (κ1) is 16.7. The van der Waals surface area contributed by atoms with E-state index in [-0.39, 0.29) is 0 Å². The fraction of sp³-hybridized carbons (Fsp3) is 1.00. The maximum absolute atomic E-state index is 3.62. The predicted octanol–water partition coefficient (Wildman–Crippen LogP) is 0.0590. The van der Waals surface area contributed by atoms with Crippen molar-refractivity contribution in [2.24, 2.45) is 0 Å². The van der Waals surface area contributed by atoms with Crippen LogP contribution in [-0.2, 0) is 20.2 Å². The molecule has 99 valence electrons. The van der Waals surface area contributed by atoms with Crippen molar-refractivity contribution in [3.63, 3.8) is 0 Å². The van der Waals surface area contributed by atoms with E-state index in [1.165, 1.54) is 0 Å². The summed E-state index contributed by atoms with van der Waals surface area (Å²) in [5.41, 5.74) is 0. The molecular formula is C10H30N5Zr. The summed E-state index contributed by atoms with van der Waals surface area (Å²) in [5, 5.41) is 0. The topological polar surface area (TPSA) is 16.2 Å². The number of nitrogens with zero attached hydrogens (tertiary/aromatic N) is 5. The van der Waals surface area contributed by atoms with Gasteiger partial charge in [-0.1, -0.05) is 0 Å². The number of hydrogen-bond acceptors (Lipinski definition) is 5. The van der Waals surface area contributed by atoms with Crippen LogP contribution in [0.4, 0.5) is 0 Å². The Kier molecular flexibility index (Phi) is 5.34. The fourth-order valence-corrected chi connectivity index (χ4v) is 23.7. The molecule has 0 aromatic carbocycles. The van der Waals surface area contributed by atoms with Gasteiger partial charge in [-0.25, -0.2) is 0 Å². The molecular weight excluding hydrogens is 281 g/mol. The molecule has 0 heterocycles. The predicted molar refractivity (Wildman–Crippen MR) is 68.4 cm³/mol. The van der Waals surface area contributed by atoms with Crippen LogP contribution in [0.1, 0.15) is 0 Å². The van der Waals surface area contributed by atoms with Crippen LogP contribution < -0.4 is 0 Å². The first-order valence-electron chi connectivity index (χ1n) is 5.59. The van der Waals surface area contributed by atoms with Gasteiger partial charge in [-0.15, -0.1) is 0 Å². The molecule has 6 heteroatoms. The van der Waals surface area contributed by atoms with Crippen molar-refractivity contribution in [3.05, 3.63) is 0 Å². The van der Waals surface area contributed by atoms with Gasteiger partial charge in [-0.2, -0.15) is 0 Å². The van der Waals surface area contributed by atoms with E-state index in [1.54, 1.807) is 0 Å². The Morgan fingerprint density at radius 1 is 0.375 bits per heavy atom. The molecule has 0 atom stereocenters. The van der Waals surface area contributed by atoms with Gasteiger partial charge in [-0.05, 0) is 0 Å². The second kappa shape index (κ2) is 5.13. The Morgan fingerprint density at radius 2 is 0.500 bits per heavy atom. The van der Waals surface area contributed by atoms with Crippen LogP contribution in [0.2, 0.25) is 0 Å². The zero-order chi connectivity index (χ0) is 13.3. The van der Waals surface area contributed by atoms with Crippen molar-refractivity contribution in [2.45, 2.75) is 0 Å². The van der Waals surface area contributed by atoms with E-state index in [0.717, 1.165) is 0 Å². The molecule has 0 unspecified atom stereocenters. The van der Waals surface area contributed by atoms with Crippen LogP contribution in [0.5, 0.6) is 0 Å².